The maximum Gasteiger partial charge on any atom is 0.123 e. The van der Waals surface area contributed by atoms with Gasteiger partial charge in [0, 0.05) is 19.3 Å². The van der Waals surface area contributed by atoms with Crippen LogP contribution in [0.2, 0.25) is 0 Å². The highest BCUT2D eigenvalue weighted by atomic mass is 32.1. The molecule has 16 heavy (non-hydrogen) atoms. The van der Waals surface area contributed by atoms with Gasteiger partial charge in [-0.15, -0.1) is 11.3 Å². The number of likely N-dealkylation sites (N-methyl/N-ethyl adjacent to an activating group) is 1. The first-order chi connectivity index (χ1) is 7.70. The van der Waals surface area contributed by atoms with Crippen LogP contribution in [0.5, 0.6) is 0 Å². The van der Waals surface area contributed by atoms with E-state index in [0.717, 1.165) is 36.1 Å². The molecule has 2 heterocycles. The second-order valence-electron chi connectivity index (χ2n) is 4.03. The molecule has 2 atom stereocenters. The Balaban J connectivity index is 2.05. The monoisotopic (exact) mass is 242 g/mol. The normalized spacial score (nSPS) is 24.6. The molecule has 1 aliphatic rings. The van der Waals surface area contributed by atoms with Crippen molar-refractivity contribution in [2.45, 2.75) is 26.1 Å². The first-order valence-electron chi connectivity index (χ1n) is 5.68. The van der Waals surface area contributed by atoms with Crippen LogP contribution in [-0.2, 0) is 4.74 Å². The molecule has 4 nitrogen and oxygen atoms in total. The lowest BCUT2D eigenvalue weighted by molar-refractivity contribution is -0.0282. The fraction of sp³-hybridized carbons (Fsp3) is 0.727. The summed E-state index contributed by atoms with van der Waals surface area (Å²) in [5.41, 5.74) is 0. The summed E-state index contributed by atoms with van der Waals surface area (Å²) in [7, 11) is 0. The lowest BCUT2D eigenvalue weighted by Crippen LogP contribution is -2.37. The van der Waals surface area contributed by atoms with Crippen LogP contribution in [-0.4, -0.2) is 41.2 Å². The van der Waals surface area contributed by atoms with E-state index in [-0.39, 0.29) is 6.10 Å². The summed E-state index contributed by atoms with van der Waals surface area (Å²) >= 11 is 1.55. The van der Waals surface area contributed by atoms with Crippen molar-refractivity contribution in [2.24, 2.45) is 0 Å². The Hall–Kier alpha value is -0.490. The average molecular weight is 242 g/mol. The highest BCUT2D eigenvalue weighted by Crippen LogP contribution is 2.28. The quantitative estimate of drug-likeness (QED) is 0.874. The van der Waals surface area contributed by atoms with Gasteiger partial charge in [-0.2, -0.15) is 0 Å². The van der Waals surface area contributed by atoms with Crippen LogP contribution in [0.3, 0.4) is 0 Å². The topological polar surface area (TPSA) is 45.6 Å². The van der Waals surface area contributed by atoms with Crippen molar-refractivity contribution in [3.05, 3.63) is 16.1 Å². The number of aromatic nitrogens is 1. The van der Waals surface area contributed by atoms with Crippen LogP contribution >= 0.6 is 11.3 Å². The van der Waals surface area contributed by atoms with Crippen molar-refractivity contribution in [1.29, 1.82) is 0 Å². The van der Waals surface area contributed by atoms with E-state index in [1.165, 1.54) is 0 Å². The minimum atomic E-state index is -0.433. The highest BCUT2D eigenvalue weighted by Gasteiger charge is 2.23. The van der Waals surface area contributed by atoms with Gasteiger partial charge in [0.2, 0.25) is 0 Å². The largest absolute Gasteiger partial charge is 0.388 e. The average Bonchev–Trinajstić information content (AvgIpc) is 2.78. The molecular weight excluding hydrogens is 224 g/mol. The Morgan fingerprint density at radius 1 is 1.75 bits per heavy atom. The Morgan fingerprint density at radius 2 is 2.56 bits per heavy atom. The van der Waals surface area contributed by atoms with E-state index in [0.29, 0.717) is 0 Å². The fourth-order valence-electron chi connectivity index (χ4n) is 1.78. The van der Waals surface area contributed by atoms with Crippen molar-refractivity contribution in [1.82, 2.24) is 9.88 Å². The van der Waals surface area contributed by atoms with E-state index >= 15 is 0 Å². The summed E-state index contributed by atoms with van der Waals surface area (Å²) in [6.45, 7) is 7.64. The van der Waals surface area contributed by atoms with Crippen LogP contribution in [0.15, 0.2) is 6.20 Å². The van der Waals surface area contributed by atoms with E-state index in [2.05, 4.69) is 16.8 Å². The van der Waals surface area contributed by atoms with E-state index in [9.17, 15) is 5.11 Å². The summed E-state index contributed by atoms with van der Waals surface area (Å²) < 4.78 is 5.71. The molecule has 0 saturated carbocycles. The molecule has 1 aliphatic heterocycles. The Labute approximate surface area is 99.9 Å². The van der Waals surface area contributed by atoms with Gasteiger partial charge < -0.3 is 9.84 Å². The maximum atomic E-state index is 9.45. The highest BCUT2D eigenvalue weighted by molar-refractivity contribution is 7.11. The van der Waals surface area contributed by atoms with Crippen molar-refractivity contribution in [3.8, 4) is 0 Å². The molecule has 0 aliphatic carbocycles. The number of thiazole rings is 1. The van der Waals surface area contributed by atoms with E-state index < -0.39 is 6.10 Å². The molecule has 2 unspecified atom stereocenters. The summed E-state index contributed by atoms with van der Waals surface area (Å²) in [5.74, 6) is 0. The van der Waals surface area contributed by atoms with Gasteiger partial charge >= 0.3 is 0 Å². The first kappa shape index (κ1) is 12.0. The Bertz CT molecular complexity index is 340. The summed E-state index contributed by atoms with van der Waals surface area (Å²) in [4.78, 5) is 7.60. The van der Waals surface area contributed by atoms with Gasteiger partial charge in [0.15, 0.2) is 0 Å². The molecule has 1 fully saturated rings. The molecule has 0 aromatic carbocycles. The standard InChI is InChI=1S/C11H18N2O2S/c1-3-13-4-5-15-9(7-13)11-12-6-10(16-11)8(2)14/h6,8-9,14H,3-5,7H2,1-2H3. The second-order valence-corrected chi connectivity index (χ2v) is 5.12. The molecule has 5 heteroatoms. The minimum Gasteiger partial charge on any atom is -0.388 e. The molecule has 1 saturated heterocycles. The predicted octanol–water partition coefficient (Wildman–Crippen LogP) is 1.59. The molecule has 0 amide bonds. The number of rotatable bonds is 3. The van der Waals surface area contributed by atoms with Gasteiger partial charge in [-0.05, 0) is 13.5 Å². The third-order valence-electron chi connectivity index (χ3n) is 2.83. The van der Waals surface area contributed by atoms with E-state index in [4.69, 9.17) is 4.74 Å². The lowest BCUT2D eigenvalue weighted by Gasteiger charge is -2.30. The zero-order valence-electron chi connectivity index (χ0n) is 9.72. The zero-order chi connectivity index (χ0) is 11.5. The fourth-order valence-corrected chi connectivity index (χ4v) is 2.68. The molecule has 1 N–H and O–H groups in total. The second kappa shape index (κ2) is 5.23. The molecular formula is C11H18N2O2S. The Kier molecular flexibility index (Phi) is 3.91. The van der Waals surface area contributed by atoms with Crippen molar-refractivity contribution in [2.75, 3.05) is 26.2 Å². The van der Waals surface area contributed by atoms with Crippen molar-refractivity contribution < 1.29 is 9.84 Å². The number of morpholine rings is 1. The number of nitrogens with zero attached hydrogens (tertiary/aromatic N) is 2. The number of hydrogen-bond donors (Lipinski definition) is 1. The smallest absolute Gasteiger partial charge is 0.123 e. The number of hydrogen-bond acceptors (Lipinski definition) is 5. The van der Waals surface area contributed by atoms with Gasteiger partial charge in [0.1, 0.15) is 11.1 Å². The molecule has 0 spiro atoms. The van der Waals surface area contributed by atoms with Crippen LogP contribution in [0, 0.1) is 0 Å². The third kappa shape index (κ3) is 2.60. The first-order valence-corrected chi connectivity index (χ1v) is 6.50. The van der Waals surface area contributed by atoms with Gasteiger partial charge in [0.05, 0.1) is 17.6 Å². The third-order valence-corrected chi connectivity index (χ3v) is 4.09. The van der Waals surface area contributed by atoms with Gasteiger partial charge in [0.25, 0.3) is 0 Å². The molecule has 0 radical (unpaired) electrons. The lowest BCUT2D eigenvalue weighted by atomic mass is 10.3. The minimum absolute atomic E-state index is 0.0752. The molecule has 2 rings (SSSR count). The van der Waals surface area contributed by atoms with Gasteiger partial charge in [-0.25, -0.2) is 4.98 Å². The SMILES string of the molecule is CCN1CCOC(c2ncc(C(C)O)s2)C1. The van der Waals surface area contributed by atoms with Crippen molar-refractivity contribution in [3.63, 3.8) is 0 Å². The van der Waals surface area contributed by atoms with E-state index in [1.54, 1.807) is 24.5 Å². The van der Waals surface area contributed by atoms with Gasteiger partial charge in [-0.1, -0.05) is 6.92 Å². The molecule has 1 aromatic heterocycles. The number of aliphatic hydroxyl groups excluding tert-OH is 1. The maximum absolute atomic E-state index is 9.45. The summed E-state index contributed by atoms with van der Waals surface area (Å²) in [6.07, 6.45) is 1.39. The molecule has 0 bridgehead atoms. The van der Waals surface area contributed by atoms with Gasteiger partial charge in [-0.3, -0.25) is 4.90 Å². The van der Waals surface area contributed by atoms with Crippen molar-refractivity contribution >= 4 is 11.3 Å². The van der Waals surface area contributed by atoms with Crippen LogP contribution in [0.4, 0.5) is 0 Å². The van der Waals surface area contributed by atoms with Crippen LogP contribution < -0.4 is 0 Å². The Morgan fingerprint density at radius 3 is 3.19 bits per heavy atom. The zero-order valence-corrected chi connectivity index (χ0v) is 10.5. The van der Waals surface area contributed by atoms with Crippen LogP contribution in [0.1, 0.15) is 35.9 Å². The molecule has 1 aromatic rings. The molecule has 90 valence electrons. The number of ether oxygens (including phenoxy) is 1. The number of aliphatic hydroxyl groups is 1. The summed E-state index contributed by atoms with van der Waals surface area (Å²) in [6, 6.07) is 0. The van der Waals surface area contributed by atoms with Crippen LogP contribution in [0.25, 0.3) is 0 Å². The van der Waals surface area contributed by atoms with E-state index in [1.807, 2.05) is 0 Å². The summed E-state index contributed by atoms with van der Waals surface area (Å²) in [5, 5.41) is 10.4. The predicted molar refractivity (Wildman–Crippen MR) is 63.6 cm³/mol.